The Morgan fingerprint density at radius 1 is 1.48 bits per heavy atom. The van der Waals surface area contributed by atoms with Crippen LogP contribution in [0.3, 0.4) is 0 Å². The van der Waals surface area contributed by atoms with Crippen LogP contribution in [0.5, 0.6) is 0 Å². The van der Waals surface area contributed by atoms with Gasteiger partial charge < -0.3 is 15.3 Å². The number of likely N-dealkylation sites (tertiary alicyclic amines) is 1. The van der Waals surface area contributed by atoms with Crippen molar-refractivity contribution >= 4 is 45.1 Å². The van der Waals surface area contributed by atoms with E-state index in [9.17, 15) is 14.4 Å². The van der Waals surface area contributed by atoms with Crippen LogP contribution in [-0.4, -0.2) is 46.9 Å². The third-order valence-electron chi connectivity index (χ3n) is 3.36. The number of halogens is 1. The molecule has 1 aromatic rings. The monoisotopic (exact) mass is 374 g/mol. The molecule has 114 valence electrons. The molecule has 2 heterocycles. The Morgan fingerprint density at radius 2 is 2.19 bits per heavy atom. The first-order valence-electron chi connectivity index (χ1n) is 6.46. The molecule has 2 atom stereocenters. The van der Waals surface area contributed by atoms with E-state index in [-0.39, 0.29) is 18.4 Å². The fourth-order valence-electron chi connectivity index (χ4n) is 2.20. The molecule has 0 spiro atoms. The lowest BCUT2D eigenvalue weighted by molar-refractivity contribution is -0.141. The number of hydrogen-bond donors (Lipinski definition) is 2. The summed E-state index contributed by atoms with van der Waals surface area (Å²) >= 11 is 4.57. The fraction of sp³-hybridized carbons (Fsp3) is 0.462. The molecule has 2 unspecified atom stereocenters. The van der Waals surface area contributed by atoms with E-state index >= 15 is 0 Å². The number of nitrogens with one attached hydrogen (secondary N) is 1. The van der Waals surface area contributed by atoms with Crippen LogP contribution in [0.1, 0.15) is 23.0 Å². The molecule has 1 fully saturated rings. The molecule has 8 heteroatoms. The highest BCUT2D eigenvalue weighted by Gasteiger charge is 2.33. The molecule has 1 aromatic heterocycles. The van der Waals surface area contributed by atoms with Crippen molar-refractivity contribution < 1.29 is 19.5 Å². The second-order valence-corrected chi connectivity index (χ2v) is 7.37. The number of aliphatic carboxylic acids is 1. The predicted molar refractivity (Wildman–Crippen MR) is 81.3 cm³/mol. The molecule has 0 bridgehead atoms. The Morgan fingerprint density at radius 3 is 2.71 bits per heavy atom. The van der Waals surface area contributed by atoms with Crippen LogP contribution in [0.4, 0.5) is 0 Å². The van der Waals surface area contributed by atoms with Gasteiger partial charge in [-0.1, -0.05) is 0 Å². The highest BCUT2D eigenvalue weighted by Crippen LogP contribution is 2.22. The number of hydrogen-bond acceptors (Lipinski definition) is 4. The molecule has 0 radical (unpaired) electrons. The average Bonchev–Trinajstić information content (AvgIpc) is 3.06. The lowest BCUT2D eigenvalue weighted by Gasteiger charge is -2.21. The Bertz CT molecular complexity index is 574. The van der Waals surface area contributed by atoms with Crippen LogP contribution in [0.25, 0.3) is 0 Å². The van der Waals surface area contributed by atoms with Crippen molar-refractivity contribution in [1.29, 1.82) is 0 Å². The van der Waals surface area contributed by atoms with Gasteiger partial charge in [-0.25, -0.2) is 0 Å². The number of nitrogens with zero attached hydrogens (tertiary/aromatic N) is 1. The largest absolute Gasteiger partial charge is 0.481 e. The molecule has 6 nitrogen and oxygen atoms in total. The summed E-state index contributed by atoms with van der Waals surface area (Å²) in [5.41, 5.74) is 0. The minimum absolute atomic E-state index is 0.207. The number of amides is 2. The summed E-state index contributed by atoms with van der Waals surface area (Å²) in [6.45, 7) is 2.23. The zero-order valence-corrected chi connectivity index (χ0v) is 13.7. The summed E-state index contributed by atoms with van der Waals surface area (Å²) in [6.07, 6.45) is 0.458. The summed E-state index contributed by atoms with van der Waals surface area (Å²) in [5, 5.41) is 11.6. The summed E-state index contributed by atoms with van der Waals surface area (Å²) in [5.74, 6) is -1.95. The van der Waals surface area contributed by atoms with Crippen LogP contribution in [0.15, 0.2) is 15.9 Å². The number of carbonyl (C=O) groups is 3. The third-order valence-corrected chi connectivity index (χ3v) is 4.99. The molecule has 21 heavy (non-hydrogen) atoms. The molecule has 2 rings (SSSR count). The molecule has 0 aromatic carbocycles. The quantitative estimate of drug-likeness (QED) is 0.836. The van der Waals surface area contributed by atoms with E-state index in [4.69, 9.17) is 5.11 Å². The van der Waals surface area contributed by atoms with Crippen molar-refractivity contribution in [3.63, 3.8) is 0 Å². The van der Waals surface area contributed by atoms with E-state index in [0.717, 1.165) is 3.79 Å². The zero-order valence-electron chi connectivity index (χ0n) is 11.3. The smallest absolute Gasteiger partial charge is 0.308 e. The number of carboxylic acid groups (broad SMARTS) is 1. The van der Waals surface area contributed by atoms with Crippen LogP contribution in [0.2, 0.25) is 0 Å². The van der Waals surface area contributed by atoms with Crippen molar-refractivity contribution in [2.75, 3.05) is 13.1 Å². The first-order chi connectivity index (χ1) is 9.88. The number of rotatable bonds is 4. The second kappa shape index (κ2) is 6.57. The number of carbonyl (C=O) groups excluding carboxylic acids is 2. The first kappa shape index (κ1) is 16.0. The van der Waals surface area contributed by atoms with Crippen molar-refractivity contribution in [3.8, 4) is 0 Å². The molecular formula is C13H15BrN2O4S. The maximum atomic E-state index is 12.2. The Kier molecular flexibility index (Phi) is 5.00. The second-order valence-electron chi connectivity index (χ2n) is 4.91. The van der Waals surface area contributed by atoms with Gasteiger partial charge in [-0.15, -0.1) is 11.3 Å². The maximum Gasteiger partial charge on any atom is 0.308 e. The predicted octanol–water partition coefficient (Wildman–Crippen LogP) is 1.56. The molecule has 1 aliphatic heterocycles. The lowest BCUT2D eigenvalue weighted by Crippen LogP contribution is -2.46. The van der Waals surface area contributed by atoms with E-state index < -0.39 is 17.9 Å². The van der Waals surface area contributed by atoms with Crippen molar-refractivity contribution in [2.45, 2.75) is 19.4 Å². The summed E-state index contributed by atoms with van der Waals surface area (Å²) < 4.78 is 0.843. The van der Waals surface area contributed by atoms with Gasteiger partial charge in [0.05, 0.1) is 14.6 Å². The van der Waals surface area contributed by atoms with Crippen LogP contribution in [0, 0.1) is 5.92 Å². The summed E-state index contributed by atoms with van der Waals surface area (Å²) in [7, 11) is 0. The van der Waals surface area contributed by atoms with Gasteiger partial charge in [0, 0.05) is 13.1 Å². The Hall–Kier alpha value is -1.41. The molecule has 1 aliphatic rings. The minimum Gasteiger partial charge on any atom is -0.481 e. The fourth-order valence-corrected chi connectivity index (χ4v) is 3.49. The maximum absolute atomic E-state index is 12.2. The van der Waals surface area contributed by atoms with Gasteiger partial charge >= 0.3 is 5.97 Å². The van der Waals surface area contributed by atoms with Crippen molar-refractivity contribution in [1.82, 2.24) is 10.2 Å². The highest BCUT2D eigenvalue weighted by atomic mass is 79.9. The first-order valence-corrected chi connectivity index (χ1v) is 8.07. The third kappa shape index (κ3) is 3.82. The topological polar surface area (TPSA) is 86.7 Å². The zero-order chi connectivity index (χ0) is 15.6. The minimum atomic E-state index is -0.884. The van der Waals surface area contributed by atoms with Gasteiger partial charge in [0.25, 0.3) is 5.91 Å². The van der Waals surface area contributed by atoms with E-state index in [1.54, 1.807) is 19.1 Å². The number of carboxylic acids is 1. The van der Waals surface area contributed by atoms with E-state index in [1.807, 2.05) is 0 Å². The van der Waals surface area contributed by atoms with E-state index in [2.05, 4.69) is 21.2 Å². The molecule has 1 saturated heterocycles. The van der Waals surface area contributed by atoms with Crippen molar-refractivity contribution in [2.24, 2.45) is 5.92 Å². The van der Waals surface area contributed by atoms with E-state index in [0.29, 0.717) is 17.8 Å². The van der Waals surface area contributed by atoms with Gasteiger partial charge in [-0.05, 0) is 41.4 Å². The molecule has 0 aliphatic carbocycles. The van der Waals surface area contributed by atoms with Crippen molar-refractivity contribution in [3.05, 3.63) is 20.8 Å². The van der Waals surface area contributed by atoms with Gasteiger partial charge in [0.1, 0.15) is 6.04 Å². The van der Waals surface area contributed by atoms with Gasteiger partial charge in [0.15, 0.2) is 0 Å². The normalized spacial score (nSPS) is 19.3. The van der Waals surface area contributed by atoms with Crippen LogP contribution >= 0.6 is 27.3 Å². The van der Waals surface area contributed by atoms with Crippen LogP contribution < -0.4 is 5.32 Å². The molecular weight excluding hydrogens is 360 g/mol. The van der Waals surface area contributed by atoms with Crippen LogP contribution in [-0.2, 0) is 9.59 Å². The standard InChI is InChI=1S/C13H15BrN2O4S/c1-7(15-11(17)9-2-3-10(14)21-9)12(18)16-5-4-8(6-16)13(19)20/h2-3,7-8H,4-6H2,1H3,(H,15,17)(H,19,20). The van der Waals surface area contributed by atoms with E-state index in [1.165, 1.54) is 16.2 Å². The van der Waals surface area contributed by atoms with Gasteiger partial charge in [-0.3, -0.25) is 14.4 Å². The summed E-state index contributed by atoms with van der Waals surface area (Å²) in [4.78, 5) is 37.1. The van der Waals surface area contributed by atoms with Gasteiger partial charge in [-0.2, -0.15) is 0 Å². The lowest BCUT2D eigenvalue weighted by atomic mass is 10.1. The number of thiophene rings is 1. The average molecular weight is 375 g/mol. The molecule has 0 saturated carbocycles. The molecule has 2 N–H and O–H groups in total. The van der Waals surface area contributed by atoms with Gasteiger partial charge in [0.2, 0.25) is 5.91 Å². The molecule has 2 amide bonds. The Labute approximate surface area is 134 Å². The Balaban J connectivity index is 1.91. The highest BCUT2D eigenvalue weighted by molar-refractivity contribution is 9.11. The SMILES string of the molecule is CC(NC(=O)c1ccc(Br)s1)C(=O)N1CCC(C(=O)O)C1. The summed E-state index contributed by atoms with van der Waals surface area (Å²) in [6, 6.07) is 2.77.